The molecule has 0 bridgehead atoms. The van der Waals surface area contributed by atoms with E-state index in [4.69, 9.17) is 10.5 Å². The molecular weight excluding hydrogens is 444 g/mol. The summed E-state index contributed by atoms with van der Waals surface area (Å²) >= 11 is 0. The number of amides is 1. The Morgan fingerprint density at radius 2 is 1.91 bits per heavy atom. The van der Waals surface area contributed by atoms with Crippen LogP contribution in [0.4, 0.5) is 5.69 Å². The third-order valence-electron chi connectivity index (χ3n) is 5.59. The summed E-state index contributed by atoms with van der Waals surface area (Å²) < 4.78 is 6.11. The summed E-state index contributed by atoms with van der Waals surface area (Å²) in [5, 5.41) is 2.80. The van der Waals surface area contributed by atoms with Crippen LogP contribution < -0.4 is 16.6 Å². The Morgan fingerprint density at radius 1 is 1.09 bits per heavy atom. The number of unbranched alkanes of at least 4 members (excludes halogenated alkanes) is 3. The molecule has 8 nitrogen and oxygen atoms in total. The smallest absolute Gasteiger partial charge is 0.326 e. The molecule has 2 aromatic heterocycles. The van der Waals surface area contributed by atoms with E-state index in [-0.39, 0.29) is 24.6 Å². The van der Waals surface area contributed by atoms with Gasteiger partial charge in [0.15, 0.2) is 0 Å². The fraction of sp³-hybridized carbons (Fsp3) is 0.333. The monoisotopic (exact) mass is 476 g/mol. The van der Waals surface area contributed by atoms with Crippen molar-refractivity contribution in [3.8, 4) is 11.1 Å². The molecule has 0 saturated heterocycles. The molecule has 3 rings (SSSR count). The van der Waals surface area contributed by atoms with Crippen LogP contribution in [-0.4, -0.2) is 34.6 Å². The summed E-state index contributed by atoms with van der Waals surface area (Å²) in [5.41, 5.74) is 9.21. The van der Waals surface area contributed by atoms with Gasteiger partial charge in [0, 0.05) is 35.8 Å². The van der Waals surface area contributed by atoms with E-state index in [2.05, 4.69) is 10.3 Å². The highest BCUT2D eigenvalue weighted by Gasteiger charge is 2.12. The molecule has 2 heterocycles. The number of aryl methyl sites for hydroxylation is 1. The lowest BCUT2D eigenvalue weighted by molar-refractivity contribution is -0.143. The summed E-state index contributed by atoms with van der Waals surface area (Å²) in [4.78, 5) is 41.1. The molecule has 3 aromatic rings. The number of hydrogen-bond donors (Lipinski definition) is 2. The molecule has 0 aliphatic heterocycles. The highest BCUT2D eigenvalue weighted by molar-refractivity contribution is 6.04. The zero-order chi connectivity index (χ0) is 25.0. The fourth-order valence-corrected chi connectivity index (χ4v) is 3.82. The van der Waals surface area contributed by atoms with Gasteiger partial charge in [-0.2, -0.15) is 0 Å². The second-order valence-electron chi connectivity index (χ2n) is 8.21. The molecule has 0 aliphatic rings. The number of nitrogens with zero attached hydrogens (tertiary/aromatic N) is 2. The van der Waals surface area contributed by atoms with E-state index >= 15 is 0 Å². The summed E-state index contributed by atoms with van der Waals surface area (Å²) in [6.45, 7) is 2.43. The third-order valence-corrected chi connectivity index (χ3v) is 5.59. The number of carbonyl (C=O) groups is 2. The van der Waals surface area contributed by atoms with E-state index in [1.807, 2.05) is 30.5 Å². The van der Waals surface area contributed by atoms with Gasteiger partial charge in [0.25, 0.3) is 11.5 Å². The maximum atomic E-state index is 13.0. The molecule has 0 aliphatic carbocycles. The summed E-state index contributed by atoms with van der Waals surface area (Å²) in [5.74, 6) is -0.835. The lowest BCUT2D eigenvalue weighted by Crippen LogP contribution is -2.25. The lowest BCUT2D eigenvalue weighted by Gasteiger charge is -2.12. The summed E-state index contributed by atoms with van der Waals surface area (Å²) in [6, 6.07) is 12.2. The van der Waals surface area contributed by atoms with Crippen molar-refractivity contribution in [2.75, 3.05) is 18.5 Å². The van der Waals surface area contributed by atoms with E-state index in [9.17, 15) is 14.4 Å². The molecule has 0 saturated carbocycles. The predicted molar refractivity (Wildman–Crippen MR) is 136 cm³/mol. The fourth-order valence-electron chi connectivity index (χ4n) is 3.82. The third kappa shape index (κ3) is 7.61. The van der Waals surface area contributed by atoms with Crippen LogP contribution in [0, 0.1) is 0 Å². The number of rotatable bonds is 12. The van der Waals surface area contributed by atoms with Gasteiger partial charge in [0.05, 0.1) is 12.3 Å². The van der Waals surface area contributed by atoms with Crippen LogP contribution in [0.25, 0.3) is 11.1 Å². The first kappa shape index (κ1) is 25.8. The molecule has 8 heteroatoms. The van der Waals surface area contributed by atoms with E-state index in [1.165, 1.54) is 28.5 Å². The van der Waals surface area contributed by atoms with E-state index in [1.54, 1.807) is 19.2 Å². The second kappa shape index (κ2) is 13.2. The topological polar surface area (TPSA) is 116 Å². The Labute approximate surface area is 205 Å². The van der Waals surface area contributed by atoms with Gasteiger partial charge in [-0.1, -0.05) is 25.0 Å². The van der Waals surface area contributed by atoms with Gasteiger partial charge in [0.2, 0.25) is 0 Å². The standard InChI is InChI=1S/C27H32N4O4/c1-2-35-26(33)19-31-18-23(11-12-25(31)32)30-27(34)22-10-7-9-21(16-22)24-17-29-15-13-20(24)8-5-3-4-6-14-28/h7,9-13,15-18H,2-6,8,14,19,28H2,1H3,(H,30,34). The van der Waals surface area contributed by atoms with E-state index < -0.39 is 5.97 Å². The van der Waals surface area contributed by atoms with Crippen LogP contribution in [0.1, 0.15) is 48.5 Å². The molecule has 35 heavy (non-hydrogen) atoms. The normalized spacial score (nSPS) is 10.7. The van der Waals surface area contributed by atoms with Crippen molar-refractivity contribution in [2.24, 2.45) is 5.73 Å². The first-order valence-corrected chi connectivity index (χ1v) is 11.9. The molecule has 3 N–H and O–H groups in total. The molecule has 0 radical (unpaired) electrons. The van der Waals surface area contributed by atoms with Crippen molar-refractivity contribution in [2.45, 2.75) is 45.6 Å². The Bertz CT molecular complexity index is 1210. The number of ether oxygens (including phenoxy) is 1. The second-order valence-corrected chi connectivity index (χ2v) is 8.21. The number of hydrogen-bond acceptors (Lipinski definition) is 6. The number of anilines is 1. The van der Waals surface area contributed by atoms with Crippen LogP contribution in [0.3, 0.4) is 0 Å². The van der Waals surface area contributed by atoms with E-state index in [0.29, 0.717) is 11.3 Å². The number of benzene rings is 1. The predicted octanol–water partition coefficient (Wildman–Crippen LogP) is 3.79. The van der Waals surface area contributed by atoms with Gasteiger partial charge >= 0.3 is 5.97 Å². The van der Waals surface area contributed by atoms with Crippen LogP contribution in [0.5, 0.6) is 0 Å². The van der Waals surface area contributed by atoms with Crippen molar-refractivity contribution in [1.29, 1.82) is 0 Å². The van der Waals surface area contributed by atoms with Crippen molar-refractivity contribution >= 4 is 17.6 Å². The number of nitrogens with one attached hydrogen (secondary N) is 1. The van der Waals surface area contributed by atoms with Gasteiger partial charge in [-0.05, 0) is 68.1 Å². The quantitative estimate of drug-likeness (QED) is 0.303. The number of nitrogens with two attached hydrogens (primary N) is 1. The molecule has 0 atom stereocenters. The van der Waals surface area contributed by atoms with Gasteiger partial charge in [-0.3, -0.25) is 19.4 Å². The Balaban J connectivity index is 1.74. The van der Waals surface area contributed by atoms with Gasteiger partial charge in [-0.15, -0.1) is 0 Å². The van der Waals surface area contributed by atoms with Crippen LogP contribution in [0.15, 0.2) is 65.8 Å². The highest BCUT2D eigenvalue weighted by Crippen LogP contribution is 2.25. The van der Waals surface area contributed by atoms with Crippen molar-refractivity contribution in [3.63, 3.8) is 0 Å². The van der Waals surface area contributed by atoms with Crippen LogP contribution in [0.2, 0.25) is 0 Å². The highest BCUT2D eigenvalue weighted by atomic mass is 16.5. The number of esters is 1. The first-order valence-electron chi connectivity index (χ1n) is 11.9. The molecule has 0 fully saturated rings. The summed E-state index contributed by atoms with van der Waals surface area (Å²) in [7, 11) is 0. The van der Waals surface area contributed by atoms with Crippen molar-refractivity contribution in [3.05, 3.63) is 82.5 Å². The molecule has 1 amide bonds. The first-order chi connectivity index (χ1) is 17.0. The lowest BCUT2D eigenvalue weighted by atomic mass is 9.96. The largest absolute Gasteiger partial charge is 0.465 e. The maximum Gasteiger partial charge on any atom is 0.326 e. The van der Waals surface area contributed by atoms with Crippen LogP contribution >= 0.6 is 0 Å². The zero-order valence-electron chi connectivity index (χ0n) is 20.0. The molecule has 0 unspecified atom stereocenters. The maximum absolute atomic E-state index is 13.0. The minimum atomic E-state index is -0.516. The molecular formula is C27H32N4O4. The van der Waals surface area contributed by atoms with Crippen molar-refractivity contribution in [1.82, 2.24) is 9.55 Å². The molecule has 1 aromatic carbocycles. The van der Waals surface area contributed by atoms with Gasteiger partial charge < -0.3 is 20.4 Å². The van der Waals surface area contributed by atoms with Gasteiger partial charge in [0.1, 0.15) is 6.54 Å². The van der Waals surface area contributed by atoms with Crippen LogP contribution in [-0.2, 0) is 22.5 Å². The average molecular weight is 477 g/mol. The molecule has 184 valence electrons. The molecule has 0 spiro atoms. The van der Waals surface area contributed by atoms with Gasteiger partial charge in [-0.25, -0.2) is 0 Å². The Morgan fingerprint density at radius 3 is 2.71 bits per heavy atom. The Hall–Kier alpha value is -3.78. The minimum absolute atomic E-state index is 0.220. The van der Waals surface area contributed by atoms with E-state index in [0.717, 1.165) is 49.8 Å². The van der Waals surface area contributed by atoms with Crippen molar-refractivity contribution < 1.29 is 14.3 Å². The number of carbonyl (C=O) groups excluding carboxylic acids is 2. The Kier molecular flexibility index (Phi) is 9.74. The number of pyridine rings is 2. The SMILES string of the molecule is CCOC(=O)Cn1cc(NC(=O)c2cccc(-c3cnccc3CCCCCCN)c2)ccc1=O. The summed E-state index contributed by atoms with van der Waals surface area (Å²) in [6.07, 6.45) is 10.3. The number of aromatic nitrogens is 2. The zero-order valence-corrected chi connectivity index (χ0v) is 20.0. The average Bonchev–Trinajstić information content (AvgIpc) is 2.86. The minimum Gasteiger partial charge on any atom is -0.465 e.